The zero-order chi connectivity index (χ0) is 17.5. The first-order chi connectivity index (χ1) is 12.0. The molecule has 2 aliphatic heterocycles. The van der Waals surface area contributed by atoms with Gasteiger partial charge in [-0.3, -0.25) is 4.90 Å². The Morgan fingerprint density at radius 1 is 1.00 bits per heavy atom. The van der Waals surface area contributed by atoms with E-state index in [9.17, 15) is 5.11 Å². The summed E-state index contributed by atoms with van der Waals surface area (Å²) in [6, 6.07) is 16.8. The summed E-state index contributed by atoms with van der Waals surface area (Å²) in [5.74, 6) is 0.923. The Morgan fingerprint density at radius 2 is 1.72 bits per heavy atom. The van der Waals surface area contributed by atoms with Crippen LogP contribution in [0.3, 0.4) is 0 Å². The molecule has 0 bridgehead atoms. The molecule has 0 atom stereocenters. The fraction of sp³-hybridized carbons (Fsp3) is 0.455. The third-order valence-electron chi connectivity index (χ3n) is 5.52. The van der Waals surface area contributed by atoms with Crippen molar-refractivity contribution in [2.24, 2.45) is 0 Å². The van der Waals surface area contributed by atoms with Crippen LogP contribution in [0, 0.1) is 0 Å². The molecule has 2 heterocycles. The van der Waals surface area contributed by atoms with E-state index in [2.05, 4.69) is 61.2 Å². The van der Waals surface area contributed by atoms with Crippen molar-refractivity contribution in [1.29, 1.82) is 0 Å². The minimum atomic E-state index is -0.779. The lowest BCUT2D eigenvalue weighted by Crippen LogP contribution is -2.42. The van der Waals surface area contributed by atoms with E-state index in [0.29, 0.717) is 0 Å². The number of aliphatic hydroxyl groups is 1. The third kappa shape index (κ3) is 3.31. The van der Waals surface area contributed by atoms with Crippen LogP contribution in [0.5, 0.6) is 5.75 Å². The van der Waals surface area contributed by atoms with Gasteiger partial charge in [0, 0.05) is 31.6 Å². The highest BCUT2D eigenvalue weighted by molar-refractivity contribution is 5.48. The molecular formula is C22H27NO2. The Bertz CT molecular complexity index is 746. The van der Waals surface area contributed by atoms with Crippen LogP contribution in [0.25, 0.3) is 0 Å². The molecule has 2 aromatic carbocycles. The van der Waals surface area contributed by atoms with E-state index in [0.717, 1.165) is 50.2 Å². The van der Waals surface area contributed by atoms with Crippen LogP contribution >= 0.6 is 0 Å². The molecule has 0 spiro atoms. The Balaban J connectivity index is 1.49. The predicted octanol–water partition coefficient (Wildman–Crippen LogP) is 3.88. The van der Waals surface area contributed by atoms with Gasteiger partial charge in [0.15, 0.2) is 0 Å². The normalized spacial score (nSPS) is 21.6. The molecule has 2 aliphatic rings. The molecular weight excluding hydrogens is 310 g/mol. The van der Waals surface area contributed by atoms with Crippen LogP contribution < -0.4 is 4.74 Å². The standard InChI is InChI=1S/C22H27NO2/c1-21(2)15-18-9-6-10-19(20(18)25-21)22(24)11-13-23(14-12-22)16-17-7-4-3-5-8-17/h3-10,24H,11-16H2,1-2H3. The maximum absolute atomic E-state index is 11.4. The Labute approximate surface area is 150 Å². The summed E-state index contributed by atoms with van der Waals surface area (Å²) in [5, 5.41) is 11.4. The highest BCUT2D eigenvalue weighted by Gasteiger charge is 2.40. The molecule has 4 rings (SSSR count). The molecule has 0 amide bonds. The molecule has 3 nitrogen and oxygen atoms in total. The fourth-order valence-electron chi connectivity index (χ4n) is 4.17. The number of benzene rings is 2. The zero-order valence-corrected chi connectivity index (χ0v) is 15.2. The number of piperidine rings is 1. The first-order valence-corrected chi connectivity index (χ1v) is 9.25. The van der Waals surface area contributed by atoms with Gasteiger partial charge in [-0.25, -0.2) is 0 Å². The van der Waals surface area contributed by atoms with Crippen molar-refractivity contribution in [3.05, 3.63) is 65.2 Å². The van der Waals surface area contributed by atoms with Crippen LogP contribution in [0.15, 0.2) is 48.5 Å². The number of rotatable bonds is 3. The smallest absolute Gasteiger partial charge is 0.129 e. The molecule has 25 heavy (non-hydrogen) atoms. The number of hydrogen-bond acceptors (Lipinski definition) is 3. The van der Waals surface area contributed by atoms with E-state index in [1.165, 1.54) is 11.1 Å². The molecule has 0 radical (unpaired) electrons. The summed E-state index contributed by atoms with van der Waals surface area (Å²) in [4.78, 5) is 2.43. The van der Waals surface area contributed by atoms with Crippen molar-refractivity contribution in [3.8, 4) is 5.75 Å². The van der Waals surface area contributed by atoms with Crippen molar-refractivity contribution < 1.29 is 9.84 Å². The first-order valence-electron chi connectivity index (χ1n) is 9.25. The molecule has 0 aliphatic carbocycles. The van der Waals surface area contributed by atoms with Gasteiger partial charge in [0.1, 0.15) is 11.4 Å². The molecule has 0 saturated carbocycles. The summed E-state index contributed by atoms with van der Waals surface area (Å²) in [6.45, 7) is 6.98. The second-order valence-electron chi connectivity index (χ2n) is 8.13. The lowest BCUT2D eigenvalue weighted by atomic mass is 9.83. The monoisotopic (exact) mass is 337 g/mol. The van der Waals surface area contributed by atoms with Crippen molar-refractivity contribution in [2.45, 2.75) is 50.9 Å². The van der Waals surface area contributed by atoms with Crippen molar-refractivity contribution in [2.75, 3.05) is 13.1 Å². The largest absolute Gasteiger partial charge is 0.487 e. The Morgan fingerprint density at radius 3 is 2.44 bits per heavy atom. The molecule has 2 aromatic rings. The zero-order valence-electron chi connectivity index (χ0n) is 15.2. The fourth-order valence-corrected chi connectivity index (χ4v) is 4.17. The first kappa shape index (κ1) is 16.6. The molecule has 1 saturated heterocycles. The van der Waals surface area contributed by atoms with E-state index < -0.39 is 5.60 Å². The van der Waals surface area contributed by atoms with Gasteiger partial charge < -0.3 is 9.84 Å². The van der Waals surface area contributed by atoms with E-state index in [4.69, 9.17) is 4.74 Å². The quantitative estimate of drug-likeness (QED) is 0.922. The van der Waals surface area contributed by atoms with Gasteiger partial charge in [-0.1, -0.05) is 48.5 Å². The molecule has 3 heteroatoms. The van der Waals surface area contributed by atoms with Crippen LogP contribution in [0.1, 0.15) is 43.4 Å². The number of ether oxygens (including phenoxy) is 1. The van der Waals surface area contributed by atoms with E-state index in [-0.39, 0.29) is 5.60 Å². The topological polar surface area (TPSA) is 32.7 Å². The van der Waals surface area contributed by atoms with Crippen LogP contribution in [0.2, 0.25) is 0 Å². The van der Waals surface area contributed by atoms with Gasteiger partial charge in [0.05, 0.1) is 5.60 Å². The van der Waals surface area contributed by atoms with Crippen LogP contribution in [-0.2, 0) is 18.6 Å². The van der Waals surface area contributed by atoms with E-state index in [1.54, 1.807) is 0 Å². The van der Waals surface area contributed by atoms with Gasteiger partial charge in [-0.2, -0.15) is 0 Å². The summed E-state index contributed by atoms with van der Waals surface area (Å²) in [6.07, 6.45) is 2.41. The molecule has 1 N–H and O–H groups in total. The molecule has 132 valence electrons. The van der Waals surface area contributed by atoms with Gasteiger partial charge >= 0.3 is 0 Å². The maximum Gasteiger partial charge on any atom is 0.129 e. The van der Waals surface area contributed by atoms with E-state index >= 15 is 0 Å². The van der Waals surface area contributed by atoms with Crippen LogP contribution in [-0.4, -0.2) is 28.7 Å². The maximum atomic E-state index is 11.4. The predicted molar refractivity (Wildman–Crippen MR) is 99.7 cm³/mol. The Hall–Kier alpha value is -1.84. The minimum Gasteiger partial charge on any atom is -0.487 e. The van der Waals surface area contributed by atoms with Gasteiger partial charge in [0.25, 0.3) is 0 Å². The number of nitrogens with zero attached hydrogens (tertiary/aromatic N) is 1. The number of hydrogen-bond donors (Lipinski definition) is 1. The molecule has 1 fully saturated rings. The average molecular weight is 337 g/mol. The lowest BCUT2D eigenvalue weighted by Gasteiger charge is -2.39. The average Bonchev–Trinajstić information content (AvgIpc) is 2.91. The molecule has 0 unspecified atom stereocenters. The SMILES string of the molecule is CC1(C)Cc2cccc(C3(O)CCN(Cc4ccccc4)CC3)c2O1. The number of para-hydroxylation sites is 1. The summed E-state index contributed by atoms with van der Waals surface area (Å²) < 4.78 is 6.19. The van der Waals surface area contributed by atoms with Gasteiger partial charge in [0.2, 0.25) is 0 Å². The Kier molecular flexibility index (Phi) is 4.09. The minimum absolute atomic E-state index is 0.178. The second-order valence-corrected chi connectivity index (χ2v) is 8.13. The van der Waals surface area contributed by atoms with Gasteiger partial charge in [-0.05, 0) is 37.8 Å². The van der Waals surface area contributed by atoms with E-state index in [1.807, 2.05) is 6.07 Å². The van der Waals surface area contributed by atoms with Gasteiger partial charge in [-0.15, -0.1) is 0 Å². The summed E-state index contributed by atoms with van der Waals surface area (Å²) in [5.41, 5.74) is 2.58. The highest BCUT2D eigenvalue weighted by Crippen LogP contribution is 2.45. The molecule has 0 aromatic heterocycles. The third-order valence-corrected chi connectivity index (χ3v) is 5.52. The van der Waals surface area contributed by atoms with Crippen molar-refractivity contribution in [3.63, 3.8) is 0 Å². The summed E-state index contributed by atoms with van der Waals surface area (Å²) >= 11 is 0. The highest BCUT2D eigenvalue weighted by atomic mass is 16.5. The van der Waals surface area contributed by atoms with Crippen LogP contribution in [0.4, 0.5) is 0 Å². The summed E-state index contributed by atoms with van der Waals surface area (Å²) in [7, 11) is 0. The van der Waals surface area contributed by atoms with Crippen molar-refractivity contribution >= 4 is 0 Å². The van der Waals surface area contributed by atoms with Crippen molar-refractivity contribution in [1.82, 2.24) is 4.90 Å². The number of likely N-dealkylation sites (tertiary alicyclic amines) is 1. The lowest BCUT2D eigenvalue weighted by molar-refractivity contribution is -0.0305. The second kappa shape index (κ2) is 6.15. The number of fused-ring (bicyclic) bond motifs is 1.